The van der Waals surface area contributed by atoms with Crippen molar-refractivity contribution in [1.82, 2.24) is 15.0 Å². The highest BCUT2D eigenvalue weighted by atomic mass is 32.2. The molecule has 0 bridgehead atoms. The van der Waals surface area contributed by atoms with E-state index in [2.05, 4.69) is 10.1 Å². The molecule has 1 fully saturated rings. The number of ether oxygens (including phenoxy) is 1. The fourth-order valence-electron chi connectivity index (χ4n) is 3.73. The molecule has 1 aromatic heterocycles. The second kappa shape index (κ2) is 8.97. The molecule has 9 heteroatoms. The number of amides is 1. The second-order valence-electron chi connectivity index (χ2n) is 9.06. The van der Waals surface area contributed by atoms with Crippen LogP contribution in [0.3, 0.4) is 0 Å². The maximum Gasteiger partial charge on any atom is 0.410 e. The minimum absolute atomic E-state index is 0.0955. The first kappa shape index (κ1) is 23.0. The molecular formula is C24H27N3O5S. The van der Waals surface area contributed by atoms with Gasteiger partial charge in [0.15, 0.2) is 9.84 Å². The molecule has 0 radical (unpaired) electrons. The molecule has 174 valence electrons. The topological polar surface area (TPSA) is 103 Å². The molecule has 1 atom stereocenters. The Morgan fingerprint density at radius 2 is 1.82 bits per heavy atom. The standard InChI is InChI=1S/C24H27N3O5S/c1-24(2,3)31-23(28)27-15-7-10-20(27)22-25-21(26-32-22)18-13-11-17(12-14-18)16-33(29,30)19-8-5-4-6-9-19/h4-6,8-9,11-14,20H,7,10,15-16H2,1-3H3. The van der Waals surface area contributed by atoms with Gasteiger partial charge in [0, 0.05) is 12.1 Å². The van der Waals surface area contributed by atoms with E-state index in [-0.39, 0.29) is 11.8 Å². The first-order chi connectivity index (χ1) is 15.6. The van der Waals surface area contributed by atoms with Crippen molar-refractivity contribution in [3.63, 3.8) is 0 Å². The molecule has 8 nitrogen and oxygen atoms in total. The highest BCUT2D eigenvalue weighted by molar-refractivity contribution is 7.90. The van der Waals surface area contributed by atoms with Crippen molar-refractivity contribution >= 4 is 15.9 Å². The predicted octanol–water partition coefficient (Wildman–Crippen LogP) is 4.78. The summed E-state index contributed by atoms with van der Waals surface area (Å²) in [7, 11) is -3.42. The van der Waals surface area contributed by atoms with Crippen LogP contribution in [0.25, 0.3) is 11.4 Å². The van der Waals surface area contributed by atoms with Crippen LogP contribution in [0.5, 0.6) is 0 Å². The molecule has 1 aliphatic rings. The highest BCUT2D eigenvalue weighted by Crippen LogP contribution is 2.33. The number of hydrogen-bond acceptors (Lipinski definition) is 7. The van der Waals surface area contributed by atoms with E-state index < -0.39 is 21.5 Å². The molecule has 1 saturated heterocycles. The van der Waals surface area contributed by atoms with Crippen molar-refractivity contribution in [2.45, 2.75) is 55.9 Å². The van der Waals surface area contributed by atoms with E-state index in [0.717, 1.165) is 12.8 Å². The molecule has 1 aliphatic heterocycles. The Labute approximate surface area is 193 Å². The van der Waals surface area contributed by atoms with Gasteiger partial charge in [-0.3, -0.25) is 4.90 Å². The molecule has 0 N–H and O–H groups in total. The van der Waals surface area contributed by atoms with Crippen molar-refractivity contribution < 1.29 is 22.5 Å². The van der Waals surface area contributed by atoms with Gasteiger partial charge in [-0.2, -0.15) is 4.98 Å². The zero-order chi connectivity index (χ0) is 23.6. The van der Waals surface area contributed by atoms with E-state index in [1.807, 2.05) is 20.8 Å². The molecule has 2 aromatic carbocycles. The normalized spacial score (nSPS) is 16.7. The number of sulfone groups is 1. The van der Waals surface area contributed by atoms with E-state index in [0.29, 0.717) is 34.3 Å². The summed E-state index contributed by atoms with van der Waals surface area (Å²) in [5, 5.41) is 4.07. The summed E-state index contributed by atoms with van der Waals surface area (Å²) in [4.78, 5) is 19.0. The Hall–Kier alpha value is -3.20. The summed E-state index contributed by atoms with van der Waals surface area (Å²) in [6.07, 6.45) is 1.15. The first-order valence-corrected chi connectivity index (χ1v) is 12.5. The average Bonchev–Trinajstić information content (AvgIpc) is 3.43. The molecule has 0 saturated carbocycles. The van der Waals surface area contributed by atoms with E-state index in [4.69, 9.17) is 9.26 Å². The van der Waals surface area contributed by atoms with Gasteiger partial charge in [-0.25, -0.2) is 13.2 Å². The molecule has 0 aliphatic carbocycles. The van der Waals surface area contributed by atoms with Crippen LogP contribution < -0.4 is 0 Å². The van der Waals surface area contributed by atoms with Gasteiger partial charge >= 0.3 is 6.09 Å². The third-order valence-corrected chi connectivity index (χ3v) is 6.98. The lowest BCUT2D eigenvalue weighted by molar-refractivity contribution is 0.0199. The molecular weight excluding hydrogens is 442 g/mol. The van der Waals surface area contributed by atoms with Crippen molar-refractivity contribution in [2.24, 2.45) is 0 Å². The van der Waals surface area contributed by atoms with Crippen LogP contribution in [-0.4, -0.2) is 41.7 Å². The SMILES string of the molecule is CC(C)(C)OC(=O)N1CCCC1c1nc(-c2ccc(CS(=O)(=O)c3ccccc3)cc2)no1. The number of nitrogens with zero attached hydrogens (tertiary/aromatic N) is 3. The Morgan fingerprint density at radius 1 is 1.12 bits per heavy atom. The van der Waals surface area contributed by atoms with Gasteiger partial charge in [0.2, 0.25) is 11.7 Å². The van der Waals surface area contributed by atoms with Crippen LogP contribution >= 0.6 is 0 Å². The van der Waals surface area contributed by atoms with Crippen LogP contribution in [0.15, 0.2) is 64.0 Å². The third-order valence-electron chi connectivity index (χ3n) is 5.28. The minimum atomic E-state index is -3.42. The number of likely N-dealkylation sites (tertiary alicyclic amines) is 1. The van der Waals surface area contributed by atoms with Gasteiger partial charge in [0.1, 0.15) is 11.6 Å². The van der Waals surface area contributed by atoms with Crippen LogP contribution in [0, 0.1) is 0 Å². The van der Waals surface area contributed by atoms with E-state index in [1.165, 1.54) is 0 Å². The Kier molecular flexibility index (Phi) is 6.25. The Balaban J connectivity index is 1.47. The van der Waals surface area contributed by atoms with Gasteiger partial charge in [-0.1, -0.05) is 47.6 Å². The first-order valence-electron chi connectivity index (χ1n) is 10.8. The van der Waals surface area contributed by atoms with E-state index in [1.54, 1.807) is 59.5 Å². The molecule has 1 unspecified atom stereocenters. The van der Waals surface area contributed by atoms with Crippen molar-refractivity contribution in [1.29, 1.82) is 0 Å². The van der Waals surface area contributed by atoms with Gasteiger partial charge in [-0.05, 0) is 51.3 Å². The Morgan fingerprint density at radius 3 is 2.48 bits per heavy atom. The zero-order valence-corrected chi connectivity index (χ0v) is 19.7. The fourth-order valence-corrected chi connectivity index (χ4v) is 5.10. The Bertz CT molecular complexity index is 1210. The summed E-state index contributed by atoms with van der Waals surface area (Å²) < 4.78 is 36.2. The average molecular weight is 470 g/mol. The quantitative estimate of drug-likeness (QED) is 0.530. The van der Waals surface area contributed by atoms with Gasteiger partial charge in [-0.15, -0.1) is 0 Å². The number of benzene rings is 2. The smallest absolute Gasteiger partial charge is 0.410 e. The van der Waals surface area contributed by atoms with Crippen LogP contribution in [0.2, 0.25) is 0 Å². The molecule has 33 heavy (non-hydrogen) atoms. The summed E-state index contributed by atoms with van der Waals surface area (Å²) in [5.74, 6) is 0.657. The summed E-state index contributed by atoms with van der Waals surface area (Å²) in [6, 6.07) is 15.1. The molecule has 4 rings (SSSR count). The number of carbonyl (C=O) groups excluding carboxylic acids is 1. The van der Waals surface area contributed by atoms with Crippen molar-refractivity contribution in [3.8, 4) is 11.4 Å². The maximum absolute atomic E-state index is 12.6. The number of aromatic nitrogens is 2. The predicted molar refractivity (Wildman–Crippen MR) is 122 cm³/mol. The summed E-state index contributed by atoms with van der Waals surface area (Å²) >= 11 is 0. The monoisotopic (exact) mass is 469 g/mol. The van der Waals surface area contributed by atoms with E-state index in [9.17, 15) is 13.2 Å². The van der Waals surface area contributed by atoms with Gasteiger partial charge < -0.3 is 9.26 Å². The number of rotatable bonds is 5. The van der Waals surface area contributed by atoms with E-state index >= 15 is 0 Å². The molecule has 0 spiro atoms. The summed E-state index contributed by atoms with van der Waals surface area (Å²) in [5.41, 5.74) is 0.783. The lowest BCUT2D eigenvalue weighted by Crippen LogP contribution is -2.36. The van der Waals surface area contributed by atoms with Crippen molar-refractivity contribution in [3.05, 3.63) is 66.1 Å². The van der Waals surface area contributed by atoms with Crippen LogP contribution in [-0.2, 0) is 20.3 Å². The maximum atomic E-state index is 12.6. The molecule has 3 aromatic rings. The molecule has 1 amide bonds. The van der Waals surface area contributed by atoms with Crippen LogP contribution in [0.4, 0.5) is 4.79 Å². The minimum Gasteiger partial charge on any atom is -0.444 e. The lowest BCUT2D eigenvalue weighted by atomic mass is 10.1. The fraction of sp³-hybridized carbons (Fsp3) is 0.375. The largest absolute Gasteiger partial charge is 0.444 e. The number of hydrogen-bond donors (Lipinski definition) is 0. The summed E-state index contributed by atoms with van der Waals surface area (Å²) in [6.45, 7) is 6.06. The number of carbonyl (C=O) groups is 1. The highest BCUT2D eigenvalue weighted by Gasteiger charge is 2.36. The van der Waals surface area contributed by atoms with Gasteiger partial charge in [0.05, 0.1) is 10.6 Å². The second-order valence-corrected chi connectivity index (χ2v) is 11.0. The molecule has 2 heterocycles. The van der Waals surface area contributed by atoms with Gasteiger partial charge in [0.25, 0.3) is 0 Å². The van der Waals surface area contributed by atoms with Crippen LogP contribution in [0.1, 0.15) is 51.1 Å². The zero-order valence-electron chi connectivity index (χ0n) is 18.9. The third kappa shape index (κ3) is 5.42. The lowest BCUT2D eigenvalue weighted by Gasteiger charge is -2.26. The van der Waals surface area contributed by atoms with Crippen molar-refractivity contribution in [2.75, 3.05) is 6.54 Å².